The molecular weight excluding hydrogens is 374 g/mol. The SMILES string of the molecule is NC(=O)[C@H]1Cc2ccccc2CN1CC(=O)N(Cc1ccccc1)c1ccccc1. The molecular formula is C25H25N3O2. The predicted molar refractivity (Wildman–Crippen MR) is 118 cm³/mol. The molecule has 1 aliphatic heterocycles. The molecule has 0 saturated carbocycles. The first-order chi connectivity index (χ1) is 14.6. The van der Waals surface area contributed by atoms with E-state index in [2.05, 4.69) is 0 Å². The van der Waals surface area contributed by atoms with E-state index in [4.69, 9.17) is 5.73 Å². The zero-order valence-corrected chi connectivity index (χ0v) is 16.8. The summed E-state index contributed by atoms with van der Waals surface area (Å²) >= 11 is 0. The van der Waals surface area contributed by atoms with Gasteiger partial charge in [0.25, 0.3) is 0 Å². The Morgan fingerprint density at radius 3 is 2.13 bits per heavy atom. The van der Waals surface area contributed by atoms with E-state index in [9.17, 15) is 9.59 Å². The fourth-order valence-electron chi connectivity index (χ4n) is 3.98. The molecule has 0 radical (unpaired) electrons. The molecule has 0 unspecified atom stereocenters. The zero-order valence-electron chi connectivity index (χ0n) is 16.8. The highest BCUT2D eigenvalue weighted by atomic mass is 16.2. The van der Waals surface area contributed by atoms with Crippen LogP contribution in [0.2, 0.25) is 0 Å². The van der Waals surface area contributed by atoms with Crippen molar-refractivity contribution in [3.63, 3.8) is 0 Å². The maximum absolute atomic E-state index is 13.4. The van der Waals surface area contributed by atoms with Gasteiger partial charge in [-0.2, -0.15) is 0 Å². The summed E-state index contributed by atoms with van der Waals surface area (Å²) in [5.74, 6) is -0.456. The molecule has 1 aliphatic rings. The first-order valence-electron chi connectivity index (χ1n) is 10.1. The minimum absolute atomic E-state index is 0.0596. The molecule has 0 bridgehead atoms. The number of amides is 2. The third kappa shape index (κ3) is 4.42. The number of nitrogens with two attached hydrogens (primary N) is 1. The van der Waals surface area contributed by atoms with Crippen molar-refractivity contribution in [1.29, 1.82) is 0 Å². The van der Waals surface area contributed by atoms with Crippen LogP contribution < -0.4 is 10.6 Å². The van der Waals surface area contributed by atoms with Gasteiger partial charge in [0.05, 0.1) is 19.1 Å². The maximum Gasteiger partial charge on any atom is 0.241 e. The summed E-state index contributed by atoms with van der Waals surface area (Å²) in [6.07, 6.45) is 0.531. The van der Waals surface area contributed by atoms with Crippen LogP contribution in [0.5, 0.6) is 0 Å². The van der Waals surface area contributed by atoms with Gasteiger partial charge in [-0.1, -0.05) is 72.8 Å². The first kappa shape index (κ1) is 19.9. The van der Waals surface area contributed by atoms with Crippen molar-refractivity contribution in [3.8, 4) is 0 Å². The Bertz CT molecular complexity index is 1020. The highest BCUT2D eigenvalue weighted by Crippen LogP contribution is 2.24. The van der Waals surface area contributed by atoms with Gasteiger partial charge in [-0.3, -0.25) is 14.5 Å². The summed E-state index contributed by atoms with van der Waals surface area (Å²) in [4.78, 5) is 29.2. The highest BCUT2D eigenvalue weighted by molar-refractivity contribution is 5.95. The van der Waals surface area contributed by atoms with Gasteiger partial charge in [-0.15, -0.1) is 0 Å². The molecule has 2 N–H and O–H groups in total. The van der Waals surface area contributed by atoms with E-state index < -0.39 is 11.9 Å². The van der Waals surface area contributed by atoms with Crippen LogP contribution in [0.4, 0.5) is 5.69 Å². The molecule has 3 aromatic rings. The van der Waals surface area contributed by atoms with Crippen LogP contribution in [0.1, 0.15) is 16.7 Å². The summed E-state index contributed by atoms with van der Waals surface area (Å²) in [6.45, 7) is 1.13. The zero-order chi connectivity index (χ0) is 20.9. The van der Waals surface area contributed by atoms with Crippen LogP contribution >= 0.6 is 0 Å². The lowest BCUT2D eigenvalue weighted by molar-refractivity contribution is -0.126. The number of fused-ring (bicyclic) bond motifs is 1. The Kier molecular flexibility index (Phi) is 5.91. The smallest absolute Gasteiger partial charge is 0.241 e. The van der Waals surface area contributed by atoms with Gasteiger partial charge in [-0.05, 0) is 35.2 Å². The molecule has 4 rings (SSSR count). The largest absolute Gasteiger partial charge is 0.368 e. The molecule has 152 valence electrons. The highest BCUT2D eigenvalue weighted by Gasteiger charge is 2.32. The normalized spacial score (nSPS) is 15.9. The lowest BCUT2D eigenvalue weighted by Gasteiger charge is -2.36. The quantitative estimate of drug-likeness (QED) is 0.693. The van der Waals surface area contributed by atoms with E-state index in [0.717, 1.165) is 22.4 Å². The van der Waals surface area contributed by atoms with Crippen molar-refractivity contribution >= 4 is 17.5 Å². The van der Waals surface area contributed by atoms with E-state index in [1.165, 1.54) is 0 Å². The van der Waals surface area contributed by atoms with Crippen LogP contribution in [-0.4, -0.2) is 29.3 Å². The van der Waals surface area contributed by atoms with Gasteiger partial charge >= 0.3 is 0 Å². The molecule has 3 aromatic carbocycles. The first-order valence-corrected chi connectivity index (χ1v) is 10.1. The Balaban J connectivity index is 1.59. The third-order valence-corrected chi connectivity index (χ3v) is 5.57. The minimum Gasteiger partial charge on any atom is -0.368 e. The summed E-state index contributed by atoms with van der Waals surface area (Å²) in [6, 6.07) is 27.1. The standard InChI is InChI=1S/C25H25N3O2/c26-25(30)23-15-20-11-7-8-12-21(20)17-27(23)18-24(29)28(22-13-5-2-6-14-22)16-19-9-3-1-4-10-19/h1-14,23H,15-18H2,(H2,26,30)/t23-/m1/s1. The van der Waals surface area contributed by atoms with Gasteiger partial charge in [0.15, 0.2) is 0 Å². The van der Waals surface area contributed by atoms with Crippen molar-refractivity contribution in [2.24, 2.45) is 5.73 Å². The molecule has 2 amide bonds. The van der Waals surface area contributed by atoms with Crippen LogP contribution in [0.25, 0.3) is 0 Å². The number of carbonyl (C=O) groups is 2. The Labute approximate surface area is 176 Å². The van der Waals surface area contributed by atoms with Crippen molar-refractivity contribution in [2.45, 2.75) is 25.6 Å². The summed E-state index contributed by atoms with van der Waals surface area (Å²) < 4.78 is 0. The Morgan fingerprint density at radius 2 is 1.47 bits per heavy atom. The van der Waals surface area contributed by atoms with Crippen LogP contribution in [0, 0.1) is 0 Å². The summed E-state index contributed by atoms with van der Waals surface area (Å²) in [7, 11) is 0. The van der Waals surface area contributed by atoms with Crippen molar-refractivity contribution < 1.29 is 9.59 Å². The topological polar surface area (TPSA) is 66.6 Å². The average molecular weight is 399 g/mol. The molecule has 1 heterocycles. The average Bonchev–Trinajstić information content (AvgIpc) is 2.78. The monoisotopic (exact) mass is 399 g/mol. The molecule has 1 atom stereocenters. The molecule has 0 aromatic heterocycles. The fraction of sp³-hybridized carbons (Fsp3) is 0.200. The van der Waals surface area contributed by atoms with Crippen molar-refractivity contribution in [2.75, 3.05) is 11.4 Å². The second kappa shape index (κ2) is 8.93. The van der Waals surface area contributed by atoms with Crippen LogP contribution in [-0.2, 0) is 29.1 Å². The van der Waals surface area contributed by atoms with Crippen molar-refractivity contribution in [1.82, 2.24) is 4.90 Å². The van der Waals surface area contributed by atoms with Gasteiger partial charge in [0.2, 0.25) is 11.8 Å². The molecule has 5 heteroatoms. The lowest BCUT2D eigenvalue weighted by atomic mass is 9.93. The van der Waals surface area contributed by atoms with Gasteiger partial charge in [0.1, 0.15) is 0 Å². The summed E-state index contributed by atoms with van der Waals surface area (Å²) in [5.41, 5.74) is 9.83. The lowest BCUT2D eigenvalue weighted by Crippen LogP contribution is -2.52. The number of primary amides is 1. The third-order valence-electron chi connectivity index (χ3n) is 5.57. The number of nitrogens with zero attached hydrogens (tertiary/aromatic N) is 2. The second-order valence-corrected chi connectivity index (χ2v) is 7.60. The van der Waals surface area contributed by atoms with Gasteiger partial charge < -0.3 is 10.6 Å². The predicted octanol–water partition coefficient (Wildman–Crippen LogP) is 3.13. The number of rotatable bonds is 6. The molecule has 5 nitrogen and oxygen atoms in total. The van der Waals surface area contributed by atoms with Crippen LogP contribution in [0.3, 0.4) is 0 Å². The summed E-state index contributed by atoms with van der Waals surface area (Å²) in [5, 5.41) is 0. The number of benzene rings is 3. The van der Waals surface area contributed by atoms with Crippen LogP contribution in [0.15, 0.2) is 84.9 Å². The molecule has 0 aliphatic carbocycles. The number of hydrogen-bond donors (Lipinski definition) is 1. The fourth-order valence-corrected chi connectivity index (χ4v) is 3.98. The minimum atomic E-state index is -0.488. The molecule has 30 heavy (non-hydrogen) atoms. The van der Waals surface area contributed by atoms with Crippen molar-refractivity contribution in [3.05, 3.63) is 102 Å². The van der Waals surface area contributed by atoms with E-state index >= 15 is 0 Å². The number of anilines is 1. The van der Waals surface area contributed by atoms with E-state index in [-0.39, 0.29) is 12.5 Å². The van der Waals surface area contributed by atoms with Gasteiger partial charge in [0, 0.05) is 12.2 Å². The Hall–Kier alpha value is -3.44. The van der Waals surface area contributed by atoms with Gasteiger partial charge in [-0.25, -0.2) is 0 Å². The number of para-hydroxylation sites is 1. The Morgan fingerprint density at radius 1 is 0.867 bits per heavy atom. The van der Waals surface area contributed by atoms with E-state index in [0.29, 0.717) is 19.5 Å². The number of carbonyl (C=O) groups excluding carboxylic acids is 2. The molecule has 0 fully saturated rings. The maximum atomic E-state index is 13.4. The van der Waals surface area contributed by atoms with E-state index in [1.807, 2.05) is 89.8 Å². The second-order valence-electron chi connectivity index (χ2n) is 7.60. The molecule has 0 spiro atoms. The van der Waals surface area contributed by atoms with E-state index in [1.54, 1.807) is 4.90 Å². The molecule has 0 saturated heterocycles. The number of hydrogen-bond acceptors (Lipinski definition) is 3.